The predicted molar refractivity (Wildman–Crippen MR) is 72.1 cm³/mol. The quantitative estimate of drug-likeness (QED) is 0.448. The summed E-state index contributed by atoms with van der Waals surface area (Å²) >= 11 is 0. The van der Waals surface area contributed by atoms with Crippen molar-refractivity contribution in [2.75, 3.05) is 67.0 Å². The number of methoxy groups -OCH3 is 2. The first kappa shape index (κ1) is 17.8. The molecule has 0 rings (SSSR count). The Morgan fingerprint density at radius 3 is 2.00 bits per heavy atom. The zero-order valence-electron chi connectivity index (χ0n) is 11.9. The molecule has 0 amide bonds. The molecule has 18 heavy (non-hydrogen) atoms. The lowest BCUT2D eigenvalue weighted by molar-refractivity contribution is 0.0509. The van der Waals surface area contributed by atoms with Crippen molar-refractivity contribution in [3.63, 3.8) is 0 Å². The summed E-state index contributed by atoms with van der Waals surface area (Å²) in [6.45, 7) is 6.44. The van der Waals surface area contributed by atoms with Crippen LogP contribution in [0.4, 0.5) is 0 Å². The smallest absolute Gasteiger partial charge is 0.0700 e. The van der Waals surface area contributed by atoms with E-state index in [1.165, 1.54) is 0 Å². The van der Waals surface area contributed by atoms with Crippen LogP contribution in [0, 0.1) is 0 Å². The largest absolute Gasteiger partial charge is 0.383 e. The lowest BCUT2D eigenvalue weighted by atomic mass is 10.3. The second-order valence-corrected chi connectivity index (χ2v) is 4.02. The monoisotopic (exact) mass is 263 g/mol. The lowest BCUT2D eigenvalue weighted by Crippen LogP contribution is -2.20. The van der Waals surface area contributed by atoms with Crippen LogP contribution in [0.5, 0.6) is 0 Å². The van der Waals surface area contributed by atoms with Crippen molar-refractivity contribution >= 4 is 0 Å². The highest BCUT2D eigenvalue weighted by Gasteiger charge is 1.92. The van der Waals surface area contributed by atoms with Gasteiger partial charge in [0, 0.05) is 40.6 Å². The van der Waals surface area contributed by atoms with Gasteiger partial charge in [0.2, 0.25) is 0 Å². The number of unbranched alkanes of at least 4 members (excludes halogenated alkanes) is 1. The summed E-state index contributed by atoms with van der Waals surface area (Å²) in [5, 5.41) is 3.30. The molecule has 0 aliphatic carbocycles. The van der Waals surface area contributed by atoms with Gasteiger partial charge >= 0.3 is 0 Å². The molecule has 0 aromatic carbocycles. The highest BCUT2D eigenvalue weighted by atomic mass is 16.5. The zero-order valence-corrected chi connectivity index (χ0v) is 11.9. The fraction of sp³-hybridized carbons (Fsp3) is 1.00. The van der Waals surface area contributed by atoms with Gasteiger partial charge in [-0.15, -0.1) is 0 Å². The van der Waals surface area contributed by atoms with Crippen molar-refractivity contribution in [1.29, 1.82) is 0 Å². The van der Waals surface area contributed by atoms with Crippen LogP contribution in [0.15, 0.2) is 0 Å². The molecule has 1 N–H and O–H groups in total. The summed E-state index contributed by atoms with van der Waals surface area (Å²) in [6, 6.07) is 0. The Balaban J connectivity index is 2.86. The first-order valence-corrected chi connectivity index (χ1v) is 6.76. The van der Waals surface area contributed by atoms with E-state index >= 15 is 0 Å². The fourth-order valence-electron chi connectivity index (χ4n) is 1.36. The van der Waals surface area contributed by atoms with Crippen LogP contribution in [0.2, 0.25) is 0 Å². The van der Waals surface area contributed by atoms with Crippen molar-refractivity contribution in [2.24, 2.45) is 0 Å². The molecule has 0 aromatic rings. The standard InChI is InChI=1S/C13H29NO4/c1-15-11-7-14-6-3-4-8-17-9-5-10-18-13-12-16-2/h14H,3-13H2,1-2H3. The molecule has 5 nitrogen and oxygen atoms in total. The summed E-state index contributed by atoms with van der Waals surface area (Å²) in [5.74, 6) is 0. The molecule has 0 fully saturated rings. The zero-order chi connectivity index (χ0) is 13.3. The third-order valence-electron chi connectivity index (χ3n) is 2.38. The van der Waals surface area contributed by atoms with Crippen LogP contribution in [0.25, 0.3) is 0 Å². The fourth-order valence-corrected chi connectivity index (χ4v) is 1.36. The summed E-state index contributed by atoms with van der Waals surface area (Å²) in [5.41, 5.74) is 0. The van der Waals surface area contributed by atoms with E-state index in [0.717, 1.165) is 58.8 Å². The van der Waals surface area contributed by atoms with E-state index in [4.69, 9.17) is 18.9 Å². The highest BCUT2D eigenvalue weighted by molar-refractivity contribution is 4.47. The van der Waals surface area contributed by atoms with E-state index in [0.29, 0.717) is 13.2 Å². The van der Waals surface area contributed by atoms with Gasteiger partial charge in [-0.05, 0) is 25.8 Å². The van der Waals surface area contributed by atoms with Crippen LogP contribution in [0.1, 0.15) is 19.3 Å². The average Bonchev–Trinajstić information content (AvgIpc) is 2.39. The Bertz CT molecular complexity index is 131. The van der Waals surface area contributed by atoms with E-state index in [2.05, 4.69) is 5.32 Å². The summed E-state index contributed by atoms with van der Waals surface area (Å²) in [7, 11) is 3.39. The molecule has 0 spiro atoms. The molecule has 5 heteroatoms. The van der Waals surface area contributed by atoms with Gasteiger partial charge in [-0.25, -0.2) is 0 Å². The Hall–Kier alpha value is -0.200. The first-order valence-electron chi connectivity index (χ1n) is 6.76. The van der Waals surface area contributed by atoms with Crippen molar-refractivity contribution in [1.82, 2.24) is 5.32 Å². The second-order valence-electron chi connectivity index (χ2n) is 4.02. The van der Waals surface area contributed by atoms with E-state index in [9.17, 15) is 0 Å². The van der Waals surface area contributed by atoms with Crippen LogP contribution in [-0.2, 0) is 18.9 Å². The van der Waals surface area contributed by atoms with Crippen LogP contribution in [-0.4, -0.2) is 67.0 Å². The van der Waals surface area contributed by atoms with E-state index in [-0.39, 0.29) is 0 Å². The molecule has 0 aromatic heterocycles. The van der Waals surface area contributed by atoms with Gasteiger partial charge in [0.1, 0.15) is 0 Å². The van der Waals surface area contributed by atoms with Crippen LogP contribution < -0.4 is 5.32 Å². The first-order chi connectivity index (χ1) is 8.91. The summed E-state index contributed by atoms with van der Waals surface area (Å²) in [4.78, 5) is 0. The molecule has 0 bridgehead atoms. The van der Waals surface area contributed by atoms with Crippen molar-refractivity contribution in [2.45, 2.75) is 19.3 Å². The van der Waals surface area contributed by atoms with Crippen LogP contribution >= 0.6 is 0 Å². The molecule has 0 saturated carbocycles. The minimum Gasteiger partial charge on any atom is -0.383 e. The third-order valence-corrected chi connectivity index (χ3v) is 2.38. The maximum atomic E-state index is 5.50. The average molecular weight is 263 g/mol. The van der Waals surface area contributed by atoms with Gasteiger partial charge in [-0.3, -0.25) is 0 Å². The van der Waals surface area contributed by atoms with Gasteiger partial charge < -0.3 is 24.3 Å². The Morgan fingerprint density at radius 1 is 0.611 bits per heavy atom. The van der Waals surface area contributed by atoms with Crippen molar-refractivity contribution < 1.29 is 18.9 Å². The molecule has 110 valence electrons. The van der Waals surface area contributed by atoms with Gasteiger partial charge in [0.15, 0.2) is 0 Å². The van der Waals surface area contributed by atoms with E-state index in [1.807, 2.05) is 0 Å². The van der Waals surface area contributed by atoms with Gasteiger partial charge in [-0.1, -0.05) is 0 Å². The van der Waals surface area contributed by atoms with Crippen molar-refractivity contribution in [3.05, 3.63) is 0 Å². The SMILES string of the molecule is COCCNCCCCOCCCOCCOC. The number of hydrogen-bond donors (Lipinski definition) is 1. The normalized spacial score (nSPS) is 11.0. The van der Waals surface area contributed by atoms with E-state index < -0.39 is 0 Å². The third kappa shape index (κ3) is 15.8. The van der Waals surface area contributed by atoms with Gasteiger partial charge in [0.05, 0.1) is 19.8 Å². The van der Waals surface area contributed by atoms with Gasteiger partial charge in [0.25, 0.3) is 0 Å². The highest BCUT2D eigenvalue weighted by Crippen LogP contribution is 1.91. The van der Waals surface area contributed by atoms with Gasteiger partial charge in [-0.2, -0.15) is 0 Å². The molecule has 0 radical (unpaired) electrons. The minimum atomic E-state index is 0.664. The number of ether oxygens (including phenoxy) is 4. The Kier molecular flexibility index (Phi) is 16.6. The van der Waals surface area contributed by atoms with Crippen molar-refractivity contribution in [3.8, 4) is 0 Å². The topological polar surface area (TPSA) is 49.0 Å². The van der Waals surface area contributed by atoms with Crippen LogP contribution in [0.3, 0.4) is 0 Å². The maximum Gasteiger partial charge on any atom is 0.0700 e. The molecular weight excluding hydrogens is 234 g/mol. The number of hydrogen-bond acceptors (Lipinski definition) is 5. The molecule has 0 aliphatic heterocycles. The second kappa shape index (κ2) is 16.8. The summed E-state index contributed by atoms with van der Waals surface area (Å²) < 4.78 is 20.7. The predicted octanol–water partition coefficient (Wildman–Crippen LogP) is 1.07. The van der Waals surface area contributed by atoms with E-state index in [1.54, 1.807) is 14.2 Å². The lowest BCUT2D eigenvalue weighted by Gasteiger charge is -2.06. The Morgan fingerprint density at radius 2 is 1.28 bits per heavy atom. The Labute approximate surface area is 111 Å². The molecule has 0 atom stereocenters. The number of nitrogens with one attached hydrogen (secondary N) is 1. The molecule has 0 saturated heterocycles. The molecule has 0 heterocycles. The molecular formula is C13H29NO4. The molecule has 0 unspecified atom stereocenters. The minimum absolute atomic E-state index is 0.664. The molecule has 0 aliphatic rings. The summed E-state index contributed by atoms with van der Waals surface area (Å²) in [6.07, 6.45) is 3.20. The maximum absolute atomic E-state index is 5.50. The number of rotatable bonds is 15.